The van der Waals surface area contributed by atoms with Gasteiger partial charge >= 0.3 is 0 Å². The molecule has 0 bridgehead atoms. The van der Waals surface area contributed by atoms with Crippen molar-refractivity contribution < 1.29 is 14.3 Å². The average Bonchev–Trinajstić information content (AvgIpc) is 2.74. The lowest BCUT2D eigenvalue weighted by atomic mass is 10.1. The molecule has 0 aliphatic rings. The van der Waals surface area contributed by atoms with E-state index in [1.165, 1.54) is 11.0 Å². The van der Waals surface area contributed by atoms with E-state index in [0.717, 1.165) is 0 Å². The molecule has 1 N–H and O–H groups in total. The summed E-state index contributed by atoms with van der Waals surface area (Å²) < 4.78 is 5.74. The van der Waals surface area contributed by atoms with Crippen LogP contribution in [0, 0.1) is 18.3 Å². The van der Waals surface area contributed by atoms with Crippen LogP contribution >= 0.6 is 0 Å². The van der Waals surface area contributed by atoms with Crippen molar-refractivity contribution in [2.24, 2.45) is 0 Å². The molecular weight excluding hydrogens is 380 g/mol. The Kier molecular flexibility index (Phi) is 6.08. The Morgan fingerprint density at radius 2 is 1.73 bits per heavy atom. The molecule has 150 valence electrons. The van der Waals surface area contributed by atoms with E-state index in [1.807, 2.05) is 0 Å². The zero-order valence-corrected chi connectivity index (χ0v) is 16.8. The Morgan fingerprint density at radius 1 is 1.03 bits per heavy atom. The molecule has 0 spiro atoms. The van der Waals surface area contributed by atoms with Crippen molar-refractivity contribution >= 4 is 17.5 Å². The number of ether oxygens (including phenoxy) is 1. The molecule has 1 aromatic heterocycles. The highest BCUT2D eigenvalue weighted by Crippen LogP contribution is 2.26. The van der Waals surface area contributed by atoms with Gasteiger partial charge in [0.1, 0.15) is 23.3 Å². The zero-order chi connectivity index (χ0) is 21.7. The Balaban J connectivity index is 1.70. The standard InChI is InChI=1S/C23H20N4O3/c1-15-19(12-13-20(25-15)23(29)27(2)3)22(28)26-17-8-10-18(11-9-17)30-21-7-5-4-6-16(21)14-24/h4-13H,1-3H3,(H,26,28). The lowest BCUT2D eigenvalue weighted by Crippen LogP contribution is -2.23. The van der Waals surface area contributed by atoms with Crippen molar-refractivity contribution in [2.45, 2.75) is 6.92 Å². The smallest absolute Gasteiger partial charge is 0.271 e. The van der Waals surface area contributed by atoms with Crippen molar-refractivity contribution in [1.82, 2.24) is 9.88 Å². The second-order valence-corrected chi connectivity index (χ2v) is 6.72. The lowest BCUT2D eigenvalue weighted by Gasteiger charge is -2.12. The van der Waals surface area contributed by atoms with Gasteiger partial charge in [0.05, 0.1) is 16.8 Å². The van der Waals surface area contributed by atoms with E-state index in [9.17, 15) is 9.59 Å². The number of aryl methyl sites for hydroxylation is 1. The van der Waals surface area contributed by atoms with Crippen molar-refractivity contribution in [3.05, 3.63) is 83.2 Å². The Hall–Kier alpha value is -4.18. The third-order valence-electron chi connectivity index (χ3n) is 4.30. The summed E-state index contributed by atoms with van der Waals surface area (Å²) in [6.45, 7) is 1.69. The first-order chi connectivity index (χ1) is 14.4. The molecule has 3 aromatic rings. The third kappa shape index (κ3) is 4.62. The fraction of sp³-hybridized carbons (Fsp3) is 0.130. The van der Waals surface area contributed by atoms with Crippen LogP contribution in [0.25, 0.3) is 0 Å². The predicted octanol–water partition coefficient (Wildman–Crippen LogP) is 4.01. The van der Waals surface area contributed by atoms with Crippen molar-refractivity contribution in [3.8, 4) is 17.6 Å². The van der Waals surface area contributed by atoms with Gasteiger partial charge in [-0.2, -0.15) is 5.26 Å². The summed E-state index contributed by atoms with van der Waals surface area (Å²) in [5.41, 5.74) is 2.15. The minimum Gasteiger partial charge on any atom is -0.456 e. The van der Waals surface area contributed by atoms with Gasteiger partial charge < -0.3 is 15.0 Å². The molecule has 1 heterocycles. The SMILES string of the molecule is Cc1nc(C(=O)N(C)C)ccc1C(=O)Nc1ccc(Oc2ccccc2C#N)cc1. The molecular formula is C23H20N4O3. The maximum atomic E-state index is 12.6. The maximum Gasteiger partial charge on any atom is 0.271 e. The number of aromatic nitrogens is 1. The van der Waals surface area contributed by atoms with Gasteiger partial charge in [-0.3, -0.25) is 9.59 Å². The molecule has 0 saturated carbocycles. The number of nitrogens with one attached hydrogen (secondary N) is 1. The molecule has 7 heteroatoms. The quantitative estimate of drug-likeness (QED) is 0.698. The summed E-state index contributed by atoms with van der Waals surface area (Å²) in [5.74, 6) is 0.455. The molecule has 0 unspecified atom stereocenters. The number of benzene rings is 2. The molecule has 2 amide bonds. The van der Waals surface area contributed by atoms with Crippen molar-refractivity contribution in [3.63, 3.8) is 0 Å². The van der Waals surface area contributed by atoms with Crippen molar-refractivity contribution in [2.75, 3.05) is 19.4 Å². The van der Waals surface area contributed by atoms with Crippen molar-refractivity contribution in [1.29, 1.82) is 5.26 Å². The van der Waals surface area contributed by atoms with Crippen LogP contribution in [-0.2, 0) is 0 Å². The molecule has 2 aromatic carbocycles. The van der Waals surface area contributed by atoms with E-state index in [4.69, 9.17) is 10.00 Å². The molecule has 3 rings (SSSR count). The van der Waals surface area contributed by atoms with Crippen LogP contribution in [0.5, 0.6) is 11.5 Å². The summed E-state index contributed by atoms with van der Waals surface area (Å²) in [6, 6.07) is 19.0. The summed E-state index contributed by atoms with van der Waals surface area (Å²) in [4.78, 5) is 30.3. The maximum absolute atomic E-state index is 12.6. The number of carbonyl (C=O) groups is 2. The van der Waals surface area contributed by atoms with E-state index >= 15 is 0 Å². The fourth-order valence-electron chi connectivity index (χ4n) is 2.73. The van der Waals surface area contributed by atoms with Crippen LogP contribution in [0.2, 0.25) is 0 Å². The first-order valence-corrected chi connectivity index (χ1v) is 9.16. The highest BCUT2D eigenvalue weighted by molar-refractivity contribution is 6.05. The summed E-state index contributed by atoms with van der Waals surface area (Å²) >= 11 is 0. The molecule has 0 aliphatic carbocycles. The molecule has 0 fully saturated rings. The van der Waals surface area contributed by atoms with Gasteiger partial charge in [0.15, 0.2) is 0 Å². The number of pyridine rings is 1. The molecule has 0 aliphatic heterocycles. The topological polar surface area (TPSA) is 95.3 Å². The molecule has 30 heavy (non-hydrogen) atoms. The van der Waals surface area contributed by atoms with Crippen LogP contribution in [0.4, 0.5) is 5.69 Å². The largest absolute Gasteiger partial charge is 0.456 e. The van der Waals surface area contributed by atoms with E-state index in [2.05, 4.69) is 16.4 Å². The minimum atomic E-state index is -0.327. The number of nitrogens with zero attached hydrogens (tertiary/aromatic N) is 3. The second-order valence-electron chi connectivity index (χ2n) is 6.72. The lowest BCUT2D eigenvalue weighted by molar-refractivity contribution is 0.0821. The normalized spacial score (nSPS) is 10.1. The average molecular weight is 400 g/mol. The Morgan fingerprint density at radius 3 is 2.37 bits per heavy atom. The summed E-state index contributed by atoms with van der Waals surface area (Å²) in [6.07, 6.45) is 0. The molecule has 0 saturated heterocycles. The monoisotopic (exact) mass is 400 g/mol. The van der Waals surface area contributed by atoms with Crippen LogP contribution < -0.4 is 10.1 Å². The first-order valence-electron chi connectivity index (χ1n) is 9.16. The van der Waals surface area contributed by atoms with E-state index in [-0.39, 0.29) is 17.5 Å². The highest BCUT2D eigenvalue weighted by Gasteiger charge is 2.15. The molecule has 0 radical (unpaired) electrons. The summed E-state index contributed by atoms with van der Waals surface area (Å²) in [7, 11) is 3.29. The second kappa shape index (κ2) is 8.88. The zero-order valence-electron chi connectivity index (χ0n) is 16.8. The van der Waals surface area contributed by atoms with E-state index < -0.39 is 0 Å². The fourth-order valence-corrected chi connectivity index (χ4v) is 2.73. The third-order valence-corrected chi connectivity index (χ3v) is 4.30. The minimum absolute atomic E-state index is 0.224. The van der Waals surface area contributed by atoms with Crippen LogP contribution in [0.1, 0.15) is 32.1 Å². The Labute approximate surface area is 174 Å². The predicted molar refractivity (Wildman–Crippen MR) is 113 cm³/mol. The molecule has 0 atom stereocenters. The van der Waals surface area contributed by atoms with Gasteiger partial charge in [-0.05, 0) is 55.5 Å². The number of carbonyl (C=O) groups excluding carboxylic acids is 2. The number of amides is 2. The number of nitriles is 1. The number of hydrogen-bond acceptors (Lipinski definition) is 5. The Bertz CT molecular complexity index is 1130. The van der Waals surface area contributed by atoms with E-state index in [1.54, 1.807) is 75.6 Å². The highest BCUT2D eigenvalue weighted by atomic mass is 16.5. The van der Waals surface area contributed by atoms with E-state index in [0.29, 0.717) is 34.0 Å². The number of hydrogen-bond donors (Lipinski definition) is 1. The number of rotatable bonds is 5. The van der Waals surface area contributed by atoms with Gasteiger partial charge in [-0.1, -0.05) is 12.1 Å². The summed E-state index contributed by atoms with van der Waals surface area (Å²) in [5, 5.41) is 11.9. The van der Waals surface area contributed by atoms with Gasteiger partial charge in [0.2, 0.25) is 0 Å². The van der Waals surface area contributed by atoms with Crippen LogP contribution in [0.3, 0.4) is 0 Å². The van der Waals surface area contributed by atoms with Crippen LogP contribution in [-0.4, -0.2) is 35.8 Å². The van der Waals surface area contributed by atoms with Gasteiger partial charge in [0.25, 0.3) is 11.8 Å². The number of anilines is 1. The first kappa shape index (κ1) is 20.6. The molecule has 7 nitrogen and oxygen atoms in total. The van der Waals surface area contributed by atoms with Gasteiger partial charge in [-0.25, -0.2) is 4.98 Å². The van der Waals surface area contributed by atoms with Gasteiger partial charge in [0, 0.05) is 19.8 Å². The van der Waals surface area contributed by atoms with Crippen LogP contribution in [0.15, 0.2) is 60.7 Å². The number of para-hydroxylation sites is 1. The van der Waals surface area contributed by atoms with Gasteiger partial charge in [-0.15, -0.1) is 0 Å².